The van der Waals surface area contributed by atoms with Gasteiger partial charge < -0.3 is 0 Å². The Hall–Kier alpha value is -6.78. The molecular formula is C46H28N4. The summed E-state index contributed by atoms with van der Waals surface area (Å²) in [6.07, 6.45) is 1.83. The Kier molecular flexibility index (Phi) is 6.46. The predicted octanol–water partition coefficient (Wildman–Crippen LogP) is 11.7. The summed E-state index contributed by atoms with van der Waals surface area (Å²) >= 11 is 0. The van der Waals surface area contributed by atoms with E-state index in [0.29, 0.717) is 0 Å². The molecule has 10 rings (SSSR count). The highest BCUT2D eigenvalue weighted by Gasteiger charge is 2.16. The van der Waals surface area contributed by atoms with Crippen LogP contribution in [-0.2, 0) is 0 Å². The van der Waals surface area contributed by atoms with Gasteiger partial charge in [0.25, 0.3) is 0 Å². The minimum atomic E-state index is 0.916. The maximum atomic E-state index is 5.32. The van der Waals surface area contributed by atoms with Gasteiger partial charge in [-0.1, -0.05) is 127 Å². The summed E-state index contributed by atoms with van der Waals surface area (Å²) < 4.78 is 0. The fraction of sp³-hybridized carbons (Fsp3) is 0. The first kappa shape index (κ1) is 28.3. The van der Waals surface area contributed by atoms with Crippen molar-refractivity contribution in [2.24, 2.45) is 0 Å². The zero-order chi connectivity index (χ0) is 33.0. The van der Waals surface area contributed by atoms with Crippen LogP contribution in [0.4, 0.5) is 0 Å². The van der Waals surface area contributed by atoms with Gasteiger partial charge in [-0.25, -0.2) is 15.0 Å². The molecule has 0 aliphatic heterocycles. The van der Waals surface area contributed by atoms with Gasteiger partial charge in [-0.15, -0.1) is 0 Å². The molecule has 0 fully saturated rings. The second-order valence-corrected chi connectivity index (χ2v) is 12.7. The van der Waals surface area contributed by atoms with E-state index < -0.39 is 0 Å². The van der Waals surface area contributed by atoms with Gasteiger partial charge in [0.15, 0.2) is 0 Å². The standard InChI is InChI=1S/C46H28N4/c1-3-9-29(10-4-1)39-23-19-32-18-22-37-38-28-35(21-25-41(38)50-43(42(37)44(32)48-39)30-11-5-2-6-12-30)34-13-7-14-36(27-34)40-24-20-33-17-16-31-15-8-26-47-45(31)46(33)49-40/h1-28H. The summed E-state index contributed by atoms with van der Waals surface area (Å²) in [7, 11) is 0. The summed E-state index contributed by atoms with van der Waals surface area (Å²) in [5, 5.41) is 6.55. The number of rotatable bonds is 4. The Bertz CT molecular complexity index is 2920. The van der Waals surface area contributed by atoms with Gasteiger partial charge in [-0.2, -0.15) is 0 Å². The summed E-state index contributed by atoms with van der Waals surface area (Å²) in [5.74, 6) is 0. The van der Waals surface area contributed by atoms with E-state index in [2.05, 4.69) is 151 Å². The van der Waals surface area contributed by atoms with Crippen molar-refractivity contribution in [2.45, 2.75) is 0 Å². The largest absolute Gasteiger partial charge is 0.254 e. The van der Waals surface area contributed by atoms with E-state index in [4.69, 9.17) is 15.0 Å². The smallest absolute Gasteiger partial charge is 0.0972 e. The molecule has 0 bridgehead atoms. The number of pyridine rings is 4. The fourth-order valence-electron chi connectivity index (χ4n) is 7.18. The van der Waals surface area contributed by atoms with Crippen LogP contribution in [0.2, 0.25) is 0 Å². The van der Waals surface area contributed by atoms with Gasteiger partial charge in [0.2, 0.25) is 0 Å². The van der Waals surface area contributed by atoms with Crippen LogP contribution in [0, 0.1) is 0 Å². The van der Waals surface area contributed by atoms with E-state index in [1.165, 1.54) is 0 Å². The van der Waals surface area contributed by atoms with Crippen LogP contribution < -0.4 is 0 Å². The molecule has 10 aromatic rings. The molecule has 0 amide bonds. The molecule has 0 spiro atoms. The molecule has 0 radical (unpaired) electrons. The molecule has 4 aromatic heterocycles. The summed E-state index contributed by atoms with van der Waals surface area (Å²) in [5.41, 5.74) is 12.0. The molecule has 4 heterocycles. The molecule has 0 atom stereocenters. The van der Waals surface area contributed by atoms with E-state index in [1.54, 1.807) is 0 Å². The van der Waals surface area contributed by atoms with E-state index >= 15 is 0 Å². The first-order valence-corrected chi connectivity index (χ1v) is 16.8. The van der Waals surface area contributed by atoms with Crippen molar-refractivity contribution in [2.75, 3.05) is 0 Å². The third kappa shape index (κ3) is 4.69. The van der Waals surface area contributed by atoms with Crippen molar-refractivity contribution in [3.05, 3.63) is 170 Å². The SMILES string of the molecule is c1ccc(-c2ccc3ccc4c5cc(-c6cccc(-c7ccc8ccc9cccnc9c8n7)c6)ccc5nc(-c5ccccc5)c4c3n2)cc1. The van der Waals surface area contributed by atoms with E-state index in [-0.39, 0.29) is 0 Å². The monoisotopic (exact) mass is 636 g/mol. The molecule has 0 aliphatic carbocycles. The van der Waals surface area contributed by atoms with Gasteiger partial charge in [-0.05, 0) is 52.9 Å². The molecule has 0 unspecified atom stereocenters. The summed E-state index contributed by atoms with van der Waals surface area (Å²) in [4.78, 5) is 20.4. The molecular weight excluding hydrogens is 609 g/mol. The zero-order valence-electron chi connectivity index (χ0n) is 27.0. The Morgan fingerprint density at radius 3 is 1.78 bits per heavy atom. The molecule has 4 heteroatoms. The molecule has 0 N–H and O–H groups in total. The van der Waals surface area contributed by atoms with Gasteiger partial charge in [0.1, 0.15) is 0 Å². The summed E-state index contributed by atoms with van der Waals surface area (Å²) in [6.45, 7) is 0. The number of nitrogens with zero attached hydrogens (tertiary/aromatic N) is 4. The average molecular weight is 637 g/mol. The zero-order valence-corrected chi connectivity index (χ0v) is 27.0. The normalized spacial score (nSPS) is 11.6. The maximum Gasteiger partial charge on any atom is 0.0972 e. The molecule has 50 heavy (non-hydrogen) atoms. The number of aromatic nitrogens is 4. The fourth-order valence-corrected chi connectivity index (χ4v) is 7.18. The van der Waals surface area contributed by atoms with Gasteiger partial charge in [0, 0.05) is 49.8 Å². The topological polar surface area (TPSA) is 51.6 Å². The van der Waals surface area contributed by atoms with Crippen LogP contribution in [0.1, 0.15) is 0 Å². The van der Waals surface area contributed by atoms with Crippen LogP contribution in [-0.4, -0.2) is 19.9 Å². The van der Waals surface area contributed by atoms with Crippen molar-refractivity contribution in [3.8, 4) is 44.9 Å². The van der Waals surface area contributed by atoms with Gasteiger partial charge in [0.05, 0.1) is 39.1 Å². The lowest BCUT2D eigenvalue weighted by Crippen LogP contribution is -1.94. The lowest BCUT2D eigenvalue weighted by atomic mass is 9.94. The molecule has 0 saturated carbocycles. The lowest BCUT2D eigenvalue weighted by molar-refractivity contribution is 1.37. The second-order valence-electron chi connectivity index (χ2n) is 12.7. The second kappa shape index (κ2) is 11.4. The highest BCUT2D eigenvalue weighted by atomic mass is 14.8. The predicted molar refractivity (Wildman–Crippen MR) is 207 cm³/mol. The minimum Gasteiger partial charge on any atom is -0.254 e. The first-order chi connectivity index (χ1) is 24.8. The minimum absolute atomic E-state index is 0.916. The molecule has 0 saturated heterocycles. The quantitative estimate of drug-likeness (QED) is 0.180. The van der Waals surface area contributed by atoms with Crippen LogP contribution in [0.15, 0.2) is 170 Å². The van der Waals surface area contributed by atoms with Crippen molar-refractivity contribution in [1.29, 1.82) is 0 Å². The Labute approximate surface area is 288 Å². The van der Waals surface area contributed by atoms with Crippen molar-refractivity contribution >= 4 is 54.4 Å². The Balaban J connectivity index is 1.16. The number of hydrogen-bond acceptors (Lipinski definition) is 4. The van der Waals surface area contributed by atoms with Crippen LogP contribution in [0.25, 0.3) is 99.3 Å². The third-order valence-corrected chi connectivity index (χ3v) is 9.66. The van der Waals surface area contributed by atoms with E-state index in [1.807, 2.05) is 24.4 Å². The number of benzene rings is 6. The summed E-state index contributed by atoms with van der Waals surface area (Å²) in [6, 6.07) is 57.2. The van der Waals surface area contributed by atoms with Crippen LogP contribution >= 0.6 is 0 Å². The molecule has 6 aromatic carbocycles. The van der Waals surface area contributed by atoms with Crippen molar-refractivity contribution < 1.29 is 0 Å². The highest BCUT2D eigenvalue weighted by Crippen LogP contribution is 2.39. The first-order valence-electron chi connectivity index (χ1n) is 16.8. The molecule has 232 valence electrons. The lowest BCUT2D eigenvalue weighted by Gasteiger charge is -2.14. The van der Waals surface area contributed by atoms with Crippen molar-refractivity contribution in [3.63, 3.8) is 0 Å². The average Bonchev–Trinajstić information content (AvgIpc) is 3.20. The van der Waals surface area contributed by atoms with Gasteiger partial charge in [-0.3, -0.25) is 4.98 Å². The Morgan fingerprint density at radius 2 is 0.960 bits per heavy atom. The molecule has 0 aliphatic rings. The highest BCUT2D eigenvalue weighted by molar-refractivity contribution is 6.20. The van der Waals surface area contributed by atoms with E-state index in [0.717, 1.165) is 99.3 Å². The third-order valence-electron chi connectivity index (χ3n) is 9.66. The maximum absolute atomic E-state index is 5.32. The van der Waals surface area contributed by atoms with Crippen molar-refractivity contribution in [1.82, 2.24) is 19.9 Å². The van der Waals surface area contributed by atoms with Gasteiger partial charge >= 0.3 is 0 Å². The van der Waals surface area contributed by atoms with E-state index in [9.17, 15) is 0 Å². The number of fused-ring (bicyclic) bond motifs is 8. The van der Waals surface area contributed by atoms with Crippen LogP contribution in [0.3, 0.4) is 0 Å². The van der Waals surface area contributed by atoms with Crippen LogP contribution in [0.5, 0.6) is 0 Å². The Morgan fingerprint density at radius 1 is 0.340 bits per heavy atom. The number of hydrogen-bond donors (Lipinski definition) is 0. The molecule has 4 nitrogen and oxygen atoms in total.